The summed E-state index contributed by atoms with van der Waals surface area (Å²) in [6.07, 6.45) is 0.317. The first-order valence-electron chi connectivity index (χ1n) is 14.4. The predicted octanol–water partition coefficient (Wildman–Crippen LogP) is 7.26. The van der Waals surface area contributed by atoms with Gasteiger partial charge in [0.25, 0.3) is 0 Å². The van der Waals surface area contributed by atoms with Crippen molar-refractivity contribution >= 4 is 33.2 Å². The van der Waals surface area contributed by atoms with E-state index in [0.717, 1.165) is 5.56 Å². The van der Waals surface area contributed by atoms with Crippen LogP contribution in [0.5, 0.6) is 0 Å². The van der Waals surface area contributed by atoms with Crippen LogP contribution in [-0.4, -0.2) is 45.4 Å². The molecule has 1 saturated carbocycles. The molecule has 13 heteroatoms. The quantitative estimate of drug-likeness (QED) is 0.154. The molecule has 2 aromatic heterocycles. The second kappa shape index (κ2) is 11.3. The molecule has 6 rings (SSSR count). The number of aryl methyl sites for hydroxylation is 1. The van der Waals surface area contributed by atoms with Crippen molar-refractivity contribution in [3.8, 4) is 5.69 Å². The van der Waals surface area contributed by atoms with E-state index in [1.165, 1.54) is 16.4 Å². The van der Waals surface area contributed by atoms with Crippen LogP contribution in [0.15, 0.2) is 71.4 Å². The van der Waals surface area contributed by atoms with E-state index in [1.54, 1.807) is 61.1 Å². The van der Waals surface area contributed by atoms with E-state index < -0.39 is 50.2 Å². The number of ketones is 1. The summed E-state index contributed by atoms with van der Waals surface area (Å²) in [7, 11) is -3.99. The molecular formula is C32H30F4N4O3S2. The molecule has 0 aliphatic heterocycles. The van der Waals surface area contributed by atoms with Crippen LogP contribution in [0.2, 0.25) is 0 Å². The van der Waals surface area contributed by atoms with Gasteiger partial charge in [-0.1, -0.05) is 23.3 Å². The highest BCUT2D eigenvalue weighted by Crippen LogP contribution is 2.52. The topological polar surface area (TPSA) is 85.2 Å². The number of rotatable bonds is 7. The minimum absolute atomic E-state index is 0.0586. The van der Waals surface area contributed by atoms with Gasteiger partial charge in [-0.3, -0.25) is 4.79 Å². The lowest BCUT2D eigenvalue weighted by molar-refractivity contribution is -0.134. The number of nitrogens with zero attached hydrogens (tertiary/aromatic N) is 4. The maximum atomic E-state index is 14.4. The summed E-state index contributed by atoms with van der Waals surface area (Å²) >= 11 is 0.295. The van der Waals surface area contributed by atoms with Gasteiger partial charge in [-0.15, -0.1) is 11.3 Å². The number of Topliss-reactive ketones (excluding diaryl/α,β-unsaturated/α-hetero) is 1. The Bertz CT molecular complexity index is 1900. The molecule has 0 bridgehead atoms. The number of thiazole rings is 1. The van der Waals surface area contributed by atoms with Crippen molar-refractivity contribution in [2.24, 2.45) is 5.41 Å². The maximum Gasteiger partial charge on any atom is 0.427 e. The first-order chi connectivity index (χ1) is 21.2. The predicted molar refractivity (Wildman–Crippen MR) is 162 cm³/mol. The number of carbonyl (C=O) groups is 1. The van der Waals surface area contributed by atoms with Gasteiger partial charge in [0.15, 0.2) is 5.01 Å². The molecule has 2 aliphatic rings. The zero-order valence-corrected chi connectivity index (χ0v) is 26.3. The van der Waals surface area contributed by atoms with Gasteiger partial charge in [-0.05, 0) is 94.5 Å². The number of fused-ring (bicyclic) bond motifs is 2. The van der Waals surface area contributed by atoms with Crippen LogP contribution in [0, 0.1) is 18.2 Å². The molecule has 4 aromatic rings. The molecule has 0 saturated heterocycles. The third kappa shape index (κ3) is 5.55. The molecule has 1 fully saturated rings. The van der Waals surface area contributed by atoms with E-state index in [9.17, 15) is 30.8 Å². The van der Waals surface area contributed by atoms with Gasteiger partial charge in [-0.25, -0.2) is 22.5 Å². The van der Waals surface area contributed by atoms with Crippen LogP contribution in [-0.2, 0) is 22.6 Å². The highest BCUT2D eigenvalue weighted by atomic mass is 32.2. The van der Waals surface area contributed by atoms with E-state index >= 15 is 0 Å². The fraction of sp³-hybridized carbons (Fsp3) is 0.344. The average molecular weight is 659 g/mol. The maximum absolute atomic E-state index is 14.4. The summed E-state index contributed by atoms with van der Waals surface area (Å²) in [6.45, 7) is 5.40. The number of carbonyl (C=O) groups excluding carboxylic acids is 1. The molecule has 45 heavy (non-hydrogen) atoms. The Morgan fingerprint density at radius 3 is 2.40 bits per heavy atom. The highest BCUT2D eigenvalue weighted by molar-refractivity contribution is 7.89. The second-order valence-corrected chi connectivity index (χ2v) is 14.7. The lowest BCUT2D eigenvalue weighted by atomic mass is 9.61. The van der Waals surface area contributed by atoms with Crippen LogP contribution in [0.3, 0.4) is 0 Å². The Balaban J connectivity index is 1.45. The summed E-state index contributed by atoms with van der Waals surface area (Å²) in [5.41, 5.74) is 2.20. The number of alkyl halides is 3. The first-order valence-corrected chi connectivity index (χ1v) is 16.7. The standard InChI is InChI=1S/C32H30F4N4O3S2/c1-19(2)40(45(42,43)26-12-4-20(3)5-13-26)25-9-6-22-14-27-21(17-38-39(27)24-10-7-23(33)8-11-24)15-31(22,16-25)29(41)30-37-18-28(44-30)32(34,35)36/h4-5,7-8,10-14,17-19,25H,6,9,15-16H2,1-3H3/t25-,31-/m0/s1. The van der Waals surface area contributed by atoms with Gasteiger partial charge < -0.3 is 0 Å². The number of halogens is 4. The minimum Gasteiger partial charge on any atom is -0.290 e. The Hall–Kier alpha value is -3.68. The Labute approximate surface area is 262 Å². The Morgan fingerprint density at radius 1 is 1.09 bits per heavy atom. The third-order valence-electron chi connectivity index (χ3n) is 8.59. The third-order valence-corrected chi connectivity index (χ3v) is 11.8. The fourth-order valence-electron chi connectivity index (χ4n) is 6.53. The normalized spacial score (nSPS) is 20.2. The molecule has 7 nitrogen and oxygen atoms in total. The van der Waals surface area contributed by atoms with Crippen LogP contribution >= 0.6 is 11.3 Å². The number of aromatic nitrogens is 3. The van der Waals surface area contributed by atoms with Crippen molar-refractivity contribution < 1.29 is 30.8 Å². The second-order valence-electron chi connectivity index (χ2n) is 11.9. The van der Waals surface area contributed by atoms with Gasteiger partial charge in [0, 0.05) is 12.1 Å². The van der Waals surface area contributed by atoms with Crippen LogP contribution in [0.1, 0.15) is 64.6 Å². The van der Waals surface area contributed by atoms with Crippen LogP contribution < -0.4 is 0 Å². The number of sulfonamides is 1. The Kier molecular flexibility index (Phi) is 7.85. The molecule has 2 atom stereocenters. The van der Waals surface area contributed by atoms with Crippen molar-refractivity contribution in [2.45, 2.75) is 69.6 Å². The van der Waals surface area contributed by atoms with Crippen molar-refractivity contribution in [1.82, 2.24) is 19.1 Å². The number of hydrogen-bond donors (Lipinski definition) is 0. The molecule has 2 heterocycles. The molecule has 2 aromatic carbocycles. The minimum atomic E-state index is -4.66. The van der Waals surface area contributed by atoms with E-state index in [-0.39, 0.29) is 22.7 Å². The summed E-state index contributed by atoms with van der Waals surface area (Å²) in [5.74, 6) is -0.978. The molecule has 0 spiro atoms. The van der Waals surface area contributed by atoms with Crippen molar-refractivity contribution in [2.75, 3.05) is 0 Å². The number of allylic oxidation sites excluding steroid dienone is 1. The molecule has 0 amide bonds. The van der Waals surface area contributed by atoms with E-state index in [0.29, 0.717) is 52.9 Å². The van der Waals surface area contributed by atoms with Crippen LogP contribution in [0.25, 0.3) is 11.8 Å². The van der Waals surface area contributed by atoms with Crippen molar-refractivity contribution in [3.05, 3.63) is 99.0 Å². The van der Waals surface area contributed by atoms with Crippen LogP contribution in [0.4, 0.5) is 17.6 Å². The zero-order valence-electron chi connectivity index (χ0n) is 24.7. The van der Waals surface area contributed by atoms with Crippen molar-refractivity contribution in [1.29, 1.82) is 0 Å². The lowest BCUT2D eigenvalue weighted by Gasteiger charge is -2.47. The zero-order chi connectivity index (χ0) is 32.3. The largest absolute Gasteiger partial charge is 0.427 e. The monoisotopic (exact) mass is 658 g/mol. The molecule has 2 aliphatic carbocycles. The Morgan fingerprint density at radius 2 is 1.78 bits per heavy atom. The molecule has 0 N–H and O–H groups in total. The van der Waals surface area contributed by atoms with Crippen molar-refractivity contribution in [3.63, 3.8) is 0 Å². The van der Waals surface area contributed by atoms with Gasteiger partial charge in [-0.2, -0.15) is 22.6 Å². The molecule has 0 unspecified atom stereocenters. The molecule has 0 radical (unpaired) electrons. The summed E-state index contributed by atoms with van der Waals surface area (Å²) < 4.78 is 85.4. The van der Waals surface area contributed by atoms with Gasteiger partial charge >= 0.3 is 6.18 Å². The first kappa shape index (κ1) is 31.3. The summed E-state index contributed by atoms with van der Waals surface area (Å²) in [4.78, 5) is 17.5. The smallest absolute Gasteiger partial charge is 0.290 e. The lowest BCUT2D eigenvalue weighted by Crippen LogP contribution is -2.52. The van der Waals surface area contributed by atoms with Gasteiger partial charge in [0.2, 0.25) is 15.8 Å². The van der Waals surface area contributed by atoms with E-state index in [2.05, 4.69) is 10.1 Å². The highest BCUT2D eigenvalue weighted by Gasteiger charge is 2.53. The molecule has 236 valence electrons. The van der Waals surface area contributed by atoms with Gasteiger partial charge in [0.05, 0.1) is 34.1 Å². The SMILES string of the molecule is Cc1ccc(S(=O)(=O)N(C(C)C)[C@H]2CCC3=Cc4c(cnn4-c4ccc(F)cc4)C[C@]3(C(=O)c3ncc(C(F)(F)F)s3)C2)cc1. The number of hydrogen-bond acceptors (Lipinski definition) is 6. The van der Waals surface area contributed by atoms with E-state index in [1.807, 2.05) is 13.0 Å². The average Bonchev–Trinajstić information content (AvgIpc) is 3.64. The summed E-state index contributed by atoms with van der Waals surface area (Å²) in [5, 5.41) is 4.22. The fourth-order valence-corrected chi connectivity index (χ4v) is 9.20. The summed E-state index contributed by atoms with van der Waals surface area (Å²) in [6, 6.07) is 11.3. The van der Waals surface area contributed by atoms with E-state index in [4.69, 9.17) is 0 Å². The molecular weight excluding hydrogens is 629 g/mol. The van der Waals surface area contributed by atoms with Gasteiger partial charge in [0.1, 0.15) is 10.7 Å². The number of benzene rings is 2.